The van der Waals surface area contributed by atoms with Crippen LogP contribution in [0.2, 0.25) is 5.02 Å². The first-order valence-corrected chi connectivity index (χ1v) is 8.28. The number of rotatable bonds is 4. The Labute approximate surface area is 138 Å². The molecule has 0 atom stereocenters. The van der Waals surface area contributed by atoms with E-state index in [1.54, 1.807) is 0 Å². The van der Waals surface area contributed by atoms with Gasteiger partial charge in [-0.1, -0.05) is 29.8 Å². The standard InChI is InChI=1S/C19H22ClN2/c1-21(18-5-3-2-4-6-18)15-16-11-13-22(14-12-16)19-9-7-17(20)8-10-19/h2-9,16H,11-15H2,1H3. The lowest BCUT2D eigenvalue weighted by molar-refractivity contribution is 0.409. The molecule has 1 aliphatic heterocycles. The summed E-state index contributed by atoms with van der Waals surface area (Å²) in [5, 5.41) is 0.753. The summed E-state index contributed by atoms with van der Waals surface area (Å²) in [7, 11) is 2.19. The van der Waals surface area contributed by atoms with E-state index in [2.05, 4.69) is 59.3 Å². The maximum absolute atomic E-state index is 5.93. The van der Waals surface area contributed by atoms with E-state index in [0.29, 0.717) is 0 Å². The van der Waals surface area contributed by atoms with Crippen LogP contribution < -0.4 is 9.80 Å². The summed E-state index contributed by atoms with van der Waals surface area (Å²) < 4.78 is 0. The van der Waals surface area contributed by atoms with E-state index in [-0.39, 0.29) is 0 Å². The molecule has 1 aliphatic rings. The number of anilines is 2. The van der Waals surface area contributed by atoms with Gasteiger partial charge in [-0.15, -0.1) is 0 Å². The SMILES string of the molecule is CN(CC1CCN(c2[c]cc(Cl)cc2)CC1)c1ccccc1. The monoisotopic (exact) mass is 313 g/mol. The first-order valence-electron chi connectivity index (χ1n) is 7.91. The van der Waals surface area contributed by atoms with Gasteiger partial charge in [0.15, 0.2) is 0 Å². The van der Waals surface area contributed by atoms with Crippen molar-refractivity contribution >= 4 is 23.0 Å². The summed E-state index contributed by atoms with van der Waals surface area (Å²) in [5.41, 5.74) is 2.47. The molecule has 2 nitrogen and oxygen atoms in total. The molecule has 0 amide bonds. The Morgan fingerprint density at radius 2 is 1.86 bits per heavy atom. The predicted octanol–water partition coefficient (Wildman–Crippen LogP) is 4.49. The van der Waals surface area contributed by atoms with Gasteiger partial charge in [0.05, 0.1) is 0 Å². The van der Waals surface area contributed by atoms with E-state index in [1.165, 1.54) is 24.2 Å². The molecule has 115 valence electrons. The van der Waals surface area contributed by atoms with Gasteiger partial charge in [0.2, 0.25) is 0 Å². The van der Waals surface area contributed by atoms with Gasteiger partial charge in [-0.2, -0.15) is 0 Å². The number of hydrogen-bond donors (Lipinski definition) is 0. The molecule has 3 rings (SSSR count). The second-order valence-corrected chi connectivity index (χ2v) is 6.48. The molecule has 0 saturated carbocycles. The molecule has 0 unspecified atom stereocenters. The topological polar surface area (TPSA) is 6.48 Å². The van der Waals surface area contributed by atoms with Gasteiger partial charge in [0.25, 0.3) is 0 Å². The Balaban J connectivity index is 1.52. The summed E-state index contributed by atoms with van der Waals surface area (Å²) in [6.07, 6.45) is 2.46. The number of para-hydroxylation sites is 1. The Morgan fingerprint density at radius 1 is 1.14 bits per heavy atom. The zero-order chi connectivity index (χ0) is 15.4. The quantitative estimate of drug-likeness (QED) is 0.820. The molecular weight excluding hydrogens is 292 g/mol. The van der Waals surface area contributed by atoms with Crippen LogP contribution in [0.3, 0.4) is 0 Å². The third-order valence-electron chi connectivity index (χ3n) is 4.44. The van der Waals surface area contributed by atoms with Gasteiger partial charge in [-0.3, -0.25) is 0 Å². The van der Waals surface area contributed by atoms with Crippen LogP contribution in [0.25, 0.3) is 0 Å². The van der Waals surface area contributed by atoms with Gasteiger partial charge in [0, 0.05) is 49.1 Å². The molecule has 2 aromatic carbocycles. The molecule has 1 heterocycles. The first-order chi connectivity index (χ1) is 10.7. The van der Waals surface area contributed by atoms with Gasteiger partial charge in [0.1, 0.15) is 0 Å². The van der Waals surface area contributed by atoms with Crippen molar-refractivity contribution in [1.82, 2.24) is 0 Å². The van der Waals surface area contributed by atoms with Crippen molar-refractivity contribution in [2.45, 2.75) is 12.8 Å². The fourth-order valence-electron chi connectivity index (χ4n) is 3.13. The smallest absolute Gasteiger partial charge is 0.0447 e. The molecule has 22 heavy (non-hydrogen) atoms. The lowest BCUT2D eigenvalue weighted by Gasteiger charge is -2.35. The van der Waals surface area contributed by atoms with E-state index >= 15 is 0 Å². The minimum absolute atomic E-state index is 0.753. The Bertz CT molecular complexity index is 574. The molecule has 0 aliphatic carbocycles. The highest BCUT2D eigenvalue weighted by molar-refractivity contribution is 6.30. The lowest BCUT2D eigenvalue weighted by atomic mass is 9.95. The van der Waals surface area contributed by atoms with Crippen molar-refractivity contribution in [2.75, 3.05) is 36.5 Å². The fraction of sp³-hybridized carbons (Fsp3) is 0.368. The van der Waals surface area contributed by atoms with Crippen LogP contribution in [0, 0.1) is 12.0 Å². The van der Waals surface area contributed by atoms with E-state index < -0.39 is 0 Å². The fourth-order valence-corrected chi connectivity index (χ4v) is 3.24. The van der Waals surface area contributed by atoms with Crippen molar-refractivity contribution in [3.8, 4) is 0 Å². The van der Waals surface area contributed by atoms with Crippen LogP contribution in [-0.4, -0.2) is 26.7 Å². The summed E-state index contributed by atoms with van der Waals surface area (Å²) in [5.74, 6) is 0.758. The maximum atomic E-state index is 5.93. The van der Waals surface area contributed by atoms with Crippen LogP contribution in [0.5, 0.6) is 0 Å². The zero-order valence-electron chi connectivity index (χ0n) is 13.0. The normalized spacial score (nSPS) is 15.8. The molecule has 1 fully saturated rings. The highest BCUT2D eigenvalue weighted by Gasteiger charge is 2.20. The minimum Gasteiger partial charge on any atom is -0.374 e. The van der Waals surface area contributed by atoms with E-state index in [4.69, 9.17) is 11.6 Å². The average molecular weight is 314 g/mol. The number of nitrogens with zero attached hydrogens (tertiary/aromatic N) is 2. The average Bonchev–Trinajstić information content (AvgIpc) is 2.57. The van der Waals surface area contributed by atoms with Crippen molar-refractivity contribution in [2.24, 2.45) is 5.92 Å². The Kier molecular flexibility index (Phi) is 4.89. The summed E-state index contributed by atoms with van der Waals surface area (Å²) in [6.45, 7) is 3.33. The van der Waals surface area contributed by atoms with Crippen molar-refractivity contribution in [3.63, 3.8) is 0 Å². The van der Waals surface area contributed by atoms with Gasteiger partial charge < -0.3 is 9.80 Å². The van der Waals surface area contributed by atoms with E-state index in [9.17, 15) is 0 Å². The molecule has 1 saturated heterocycles. The molecule has 3 heteroatoms. The van der Waals surface area contributed by atoms with Crippen LogP contribution in [0.1, 0.15) is 12.8 Å². The highest BCUT2D eigenvalue weighted by atomic mass is 35.5. The first kappa shape index (κ1) is 15.2. The third-order valence-corrected chi connectivity index (χ3v) is 4.68. The lowest BCUT2D eigenvalue weighted by Crippen LogP contribution is -2.37. The number of piperidine rings is 1. The van der Waals surface area contributed by atoms with Crippen LogP contribution in [0.4, 0.5) is 11.4 Å². The minimum atomic E-state index is 0.753. The van der Waals surface area contributed by atoms with E-state index in [1.807, 2.05) is 12.1 Å². The maximum Gasteiger partial charge on any atom is 0.0447 e. The van der Waals surface area contributed by atoms with Crippen LogP contribution in [-0.2, 0) is 0 Å². The zero-order valence-corrected chi connectivity index (χ0v) is 13.8. The third kappa shape index (κ3) is 3.75. The highest BCUT2D eigenvalue weighted by Crippen LogP contribution is 2.25. The molecule has 0 N–H and O–H groups in total. The van der Waals surface area contributed by atoms with E-state index in [0.717, 1.165) is 30.6 Å². The van der Waals surface area contributed by atoms with Crippen molar-refractivity contribution in [3.05, 3.63) is 59.6 Å². The van der Waals surface area contributed by atoms with Crippen LogP contribution >= 0.6 is 11.6 Å². The summed E-state index contributed by atoms with van der Waals surface area (Å²) in [6, 6.07) is 19.8. The van der Waals surface area contributed by atoms with Crippen LogP contribution in [0.15, 0.2) is 48.5 Å². The van der Waals surface area contributed by atoms with Gasteiger partial charge >= 0.3 is 0 Å². The second kappa shape index (κ2) is 7.06. The van der Waals surface area contributed by atoms with Crippen molar-refractivity contribution in [1.29, 1.82) is 0 Å². The number of benzene rings is 2. The largest absolute Gasteiger partial charge is 0.374 e. The molecule has 0 bridgehead atoms. The van der Waals surface area contributed by atoms with Gasteiger partial charge in [-0.05, 0) is 49.1 Å². The molecular formula is C19H22ClN2. The second-order valence-electron chi connectivity index (χ2n) is 6.04. The Hall–Kier alpha value is -1.67. The molecule has 0 spiro atoms. The molecule has 0 aromatic heterocycles. The van der Waals surface area contributed by atoms with Crippen molar-refractivity contribution < 1.29 is 0 Å². The Morgan fingerprint density at radius 3 is 2.50 bits per heavy atom. The van der Waals surface area contributed by atoms with Gasteiger partial charge in [-0.25, -0.2) is 0 Å². The summed E-state index contributed by atoms with van der Waals surface area (Å²) >= 11 is 5.93. The molecule has 1 radical (unpaired) electrons. The predicted molar refractivity (Wildman–Crippen MR) is 94.9 cm³/mol. The summed E-state index contributed by atoms with van der Waals surface area (Å²) in [4.78, 5) is 4.78. The number of hydrogen-bond acceptors (Lipinski definition) is 2. The molecule has 2 aromatic rings. The number of halogens is 1.